The third kappa shape index (κ3) is 2.79. The average Bonchev–Trinajstić information content (AvgIpc) is 2.03. The van der Waals surface area contributed by atoms with Gasteiger partial charge in [-0.05, 0) is 17.7 Å². The van der Waals surface area contributed by atoms with E-state index in [4.69, 9.17) is 0 Å². The monoisotopic (exact) mass is 185 g/mol. The summed E-state index contributed by atoms with van der Waals surface area (Å²) in [6.07, 6.45) is -1.24. The van der Waals surface area contributed by atoms with Gasteiger partial charge in [0.25, 0.3) is 0 Å². The van der Waals surface area contributed by atoms with Gasteiger partial charge in [0, 0.05) is 4.92 Å². The second-order valence-corrected chi connectivity index (χ2v) is 2.59. The molecule has 1 N–H and O–H groups in total. The Morgan fingerprint density at radius 2 is 2.31 bits per heavy atom. The highest BCUT2D eigenvalue weighted by Crippen LogP contribution is 2.13. The molecule has 0 fully saturated rings. The first-order valence-electron chi connectivity index (χ1n) is 3.65. The van der Waals surface area contributed by atoms with Gasteiger partial charge in [0.15, 0.2) is 0 Å². The van der Waals surface area contributed by atoms with Gasteiger partial charge in [0.2, 0.25) is 6.54 Å². The number of rotatable bonds is 3. The van der Waals surface area contributed by atoms with Crippen LogP contribution in [0.15, 0.2) is 24.3 Å². The Hall–Kier alpha value is -1.49. The third-order valence-electron chi connectivity index (χ3n) is 1.56. The van der Waals surface area contributed by atoms with E-state index in [0.717, 1.165) is 6.07 Å². The van der Waals surface area contributed by atoms with Crippen molar-refractivity contribution in [3.05, 3.63) is 45.8 Å². The first-order chi connectivity index (χ1) is 6.09. The van der Waals surface area contributed by atoms with Crippen molar-refractivity contribution in [3.63, 3.8) is 0 Å². The molecule has 0 heterocycles. The van der Waals surface area contributed by atoms with Gasteiger partial charge in [-0.3, -0.25) is 10.1 Å². The molecule has 0 aliphatic carbocycles. The average molecular weight is 185 g/mol. The Labute approximate surface area is 73.8 Å². The molecular formula is C8H8FNO3. The molecule has 0 radical (unpaired) electrons. The molecule has 0 aliphatic heterocycles. The highest BCUT2D eigenvalue weighted by atomic mass is 19.1. The van der Waals surface area contributed by atoms with E-state index in [1.165, 1.54) is 18.2 Å². The maximum absolute atomic E-state index is 12.6. The van der Waals surface area contributed by atoms with Crippen molar-refractivity contribution in [2.75, 3.05) is 6.54 Å². The molecule has 1 atom stereocenters. The quantitative estimate of drug-likeness (QED) is 0.567. The minimum atomic E-state index is -1.24. The molecule has 0 saturated carbocycles. The van der Waals surface area contributed by atoms with Gasteiger partial charge < -0.3 is 5.11 Å². The zero-order valence-electron chi connectivity index (χ0n) is 6.68. The second-order valence-electron chi connectivity index (χ2n) is 2.59. The van der Waals surface area contributed by atoms with E-state index in [2.05, 4.69) is 0 Å². The Balaban J connectivity index is 2.76. The molecular weight excluding hydrogens is 177 g/mol. The van der Waals surface area contributed by atoms with Gasteiger partial charge in [-0.25, -0.2) is 4.39 Å². The van der Waals surface area contributed by atoms with E-state index < -0.39 is 23.4 Å². The third-order valence-corrected chi connectivity index (χ3v) is 1.56. The molecule has 1 aromatic rings. The van der Waals surface area contributed by atoms with Crippen molar-refractivity contribution in [1.29, 1.82) is 0 Å². The van der Waals surface area contributed by atoms with Crippen molar-refractivity contribution in [2.24, 2.45) is 0 Å². The van der Waals surface area contributed by atoms with Crippen molar-refractivity contribution < 1.29 is 14.4 Å². The predicted octanol–water partition coefficient (Wildman–Crippen LogP) is 1.14. The van der Waals surface area contributed by atoms with Gasteiger partial charge >= 0.3 is 0 Å². The second kappa shape index (κ2) is 3.95. The topological polar surface area (TPSA) is 63.4 Å². The first-order valence-corrected chi connectivity index (χ1v) is 3.65. The van der Waals surface area contributed by atoms with Crippen LogP contribution in [0.2, 0.25) is 0 Å². The summed E-state index contributed by atoms with van der Waals surface area (Å²) in [4.78, 5) is 9.38. The number of hydrogen-bond donors (Lipinski definition) is 1. The summed E-state index contributed by atoms with van der Waals surface area (Å²) in [6.45, 7) is -0.608. The molecule has 0 saturated heterocycles. The van der Waals surface area contributed by atoms with Crippen LogP contribution in [0.1, 0.15) is 11.7 Å². The molecule has 4 nitrogen and oxygen atoms in total. The molecule has 0 aliphatic rings. The summed E-state index contributed by atoms with van der Waals surface area (Å²) in [5.74, 6) is -0.514. The lowest BCUT2D eigenvalue weighted by Crippen LogP contribution is -2.11. The molecule has 13 heavy (non-hydrogen) atoms. The van der Waals surface area contributed by atoms with Crippen LogP contribution in [0.3, 0.4) is 0 Å². The van der Waals surface area contributed by atoms with Crippen LogP contribution in [0, 0.1) is 15.9 Å². The summed E-state index contributed by atoms with van der Waals surface area (Å²) >= 11 is 0. The van der Waals surface area contributed by atoms with Crippen LogP contribution < -0.4 is 0 Å². The number of aliphatic hydroxyl groups is 1. The van der Waals surface area contributed by atoms with E-state index in [1.54, 1.807) is 0 Å². The van der Waals surface area contributed by atoms with Gasteiger partial charge in [-0.1, -0.05) is 12.1 Å². The standard InChI is InChI=1S/C8H8FNO3/c9-7-3-1-2-6(4-7)8(11)5-10(12)13/h1-4,8,11H,5H2/t8-/m1/s1. The van der Waals surface area contributed by atoms with Crippen molar-refractivity contribution >= 4 is 0 Å². The Bertz CT molecular complexity index is 316. The lowest BCUT2D eigenvalue weighted by Gasteiger charge is -2.05. The number of benzene rings is 1. The van der Waals surface area contributed by atoms with E-state index in [9.17, 15) is 19.6 Å². The summed E-state index contributed by atoms with van der Waals surface area (Å²) in [6, 6.07) is 5.13. The van der Waals surface area contributed by atoms with Crippen molar-refractivity contribution in [1.82, 2.24) is 0 Å². The molecule has 70 valence electrons. The highest BCUT2D eigenvalue weighted by molar-refractivity contribution is 5.18. The van der Waals surface area contributed by atoms with Crippen LogP contribution in [0.4, 0.5) is 4.39 Å². The van der Waals surface area contributed by atoms with Crippen LogP contribution in [0.5, 0.6) is 0 Å². The van der Waals surface area contributed by atoms with Gasteiger partial charge in [-0.2, -0.15) is 0 Å². The minimum Gasteiger partial charge on any atom is -0.382 e. The van der Waals surface area contributed by atoms with Crippen LogP contribution in [-0.2, 0) is 0 Å². The van der Waals surface area contributed by atoms with Crippen molar-refractivity contribution in [3.8, 4) is 0 Å². The van der Waals surface area contributed by atoms with Gasteiger partial charge in [0.05, 0.1) is 0 Å². The fourth-order valence-corrected chi connectivity index (χ4v) is 0.960. The lowest BCUT2D eigenvalue weighted by atomic mass is 10.1. The first kappa shape index (κ1) is 9.60. The van der Waals surface area contributed by atoms with Crippen LogP contribution in [0.25, 0.3) is 0 Å². The number of aliphatic hydroxyl groups excluding tert-OH is 1. The zero-order valence-corrected chi connectivity index (χ0v) is 6.68. The molecule has 0 amide bonds. The number of nitro groups is 1. The fraction of sp³-hybridized carbons (Fsp3) is 0.250. The summed E-state index contributed by atoms with van der Waals surface area (Å²) in [5.41, 5.74) is 0.219. The Morgan fingerprint density at radius 1 is 1.62 bits per heavy atom. The van der Waals surface area contributed by atoms with E-state index >= 15 is 0 Å². The molecule has 0 spiro atoms. The fourth-order valence-electron chi connectivity index (χ4n) is 0.960. The summed E-state index contributed by atoms with van der Waals surface area (Å²) in [7, 11) is 0. The zero-order chi connectivity index (χ0) is 9.84. The predicted molar refractivity (Wildman–Crippen MR) is 43.2 cm³/mol. The summed E-state index contributed by atoms with van der Waals surface area (Å²) < 4.78 is 12.6. The molecule has 1 aromatic carbocycles. The minimum absolute atomic E-state index is 0.219. The molecule has 0 aromatic heterocycles. The SMILES string of the molecule is O=[N+]([O-])C[C@@H](O)c1cccc(F)c1. The van der Waals surface area contributed by atoms with E-state index in [-0.39, 0.29) is 5.56 Å². The molecule has 5 heteroatoms. The Morgan fingerprint density at radius 3 is 2.85 bits per heavy atom. The number of halogens is 1. The van der Waals surface area contributed by atoms with Gasteiger partial charge in [-0.15, -0.1) is 0 Å². The lowest BCUT2D eigenvalue weighted by molar-refractivity contribution is -0.491. The van der Waals surface area contributed by atoms with Crippen molar-refractivity contribution in [2.45, 2.75) is 6.10 Å². The molecule has 0 unspecified atom stereocenters. The largest absolute Gasteiger partial charge is 0.382 e. The highest BCUT2D eigenvalue weighted by Gasteiger charge is 2.13. The smallest absolute Gasteiger partial charge is 0.233 e. The number of nitrogens with zero attached hydrogens (tertiary/aromatic N) is 1. The van der Waals surface area contributed by atoms with Gasteiger partial charge in [0.1, 0.15) is 11.9 Å². The van der Waals surface area contributed by atoms with E-state index in [0.29, 0.717) is 0 Å². The Kier molecular flexibility index (Phi) is 2.92. The summed E-state index contributed by atoms with van der Waals surface area (Å²) in [5, 5.41) is 19.2. The maximum atomic E-state index is 12.6. The van der Waals surface area contributed by atoms with E-state index in [1.807, 2.05) is 0 Å². The molecule has 0 bridgehead atoms. The normalized spacial score (nSPS) is 12.5. The molecule has 1 rings (SSSR count). The number of hydrogen-bond acceptors (Lipinski definition) is 3. The van der Waals surface area contributed by atoms with Crippen LogP contribution in [-0.4, -0.2) is 16.6 Å². The van der Waals surface area contributed by atoms with Crippen LogP contribution >= 0.6 is 0 Å². The maximum Gasteiger partial charge on any atom is 0.233 e.